The Balaban J connectivity index is 1.73. The first-order valence-corrected chi connectivity index (χ1v) is 10.7. The number of benzene rings is 2. The summed E-state index contributed by atoms with van der Waals surface area (Å²) >= 11 is 0. The summed E-state index contributed by atoms with van der Waals surface area (Å²) in [5.74, 6) is -0.391. The van der Waals surface area contributed by atoms with Crippen LogP contribution in [0.4, 0.5) is 0 Å². The Morgan fingerprint density at radius 3 is 2.32 bits per heavy atom. The first-order valence-electron chi connectivity index (χ1n) is 10.7. The molecule has 31 heavy (non-hydrogen) atoms. The van der Waals surface area contributed by atoms with Crippen LogP contribution in [-0.2, 0) is 34.0 Å². The molecule has 0 saturated heterocycles. The molecule has 1 amide bonds. The van der Waals surface area contributed by atoms with Crippen LogP contribution in [0.3, 0.4) is 0 Å². The standard InChI is InChI=1S/C26H30N2O3/c1-3-31-26(30)16-15-25(29)28(19-22-8-5-4-6-9-22)20-24-10-7-17-27(24)18-23-13-11-21(2)12-14-23/h4-14,17H,3,15-16,18-20H2,1-2H3. The van der Waals surface area contributed by atoms with Crippen molar-refractivity contribution in [2.45, 2.75) is 46.3 Å². The molecule has 3 aromatic rings. The second-order valence-electron chi connectivity index (χ2n) is 7.65. The first-order chi connectivity index (χ1) is 15.0. The third-order valence-corrected chi connectivity index (χ3v) is 5.17. The molecule has 0 aliphatic rings. The lowest BCUT2D eigenvalue weighted by Gasteiger charge is -2.24. The van der Waals surface area contributed by atoms with Gasteiger partial charge in [-0.1, -0.05) is 60.2 Å². The quantitative estimate of drug-likeness (QED) is 0.448. The van der Waals surface area contributed by atoms with E-state index in [9.17, 15) is 9.59 Å². The highest BCUT2D eigenvalue weighted by Crippen LogP contribution is 2.15. The summed E-state index contributed by atoms with van der Waals surface area (Å²) in [6.07, 6.45) is 2.28. The second-order valence-corrected chi connectivity index (χ2v) is 7.65. The van der Waals surface area contributed by atoms with Gasteiger partial charge in [0.25, 0.3) is 0 Å². The van der Waals surface area contributed by atoms with Crippen LogP contribution in [0.2, 0.25) is 0 Å². The van der Waals surface area contributed by atoms with E-state index in [4.69, 9.17) is 4.74 Å². The lowest BCUT2D eigenvalue weighted by molar-refractivity contribution is -0.146. The van der Waals surface area contributed by atoms with Gasteiger partial charge in [0.05, 0.1) is 19.6 Å². The molecular formula is C26H30N2O3. The van der Waals surface area contributed by atoms with E-state index >= 15 is 0 Å². The van der Waals surface area contributed by atoms with Crippen LogP contribution in [0.15, 0.2) is 72.9 Å². The molecule has 0 spiro atoms. The van der Waals surface area contributed by atoms with E-state index in [2.05, 4.69) is 35.8 Å². The number of carbonyl (C=O) groups excluding carboxylic acids is 2. The van der Waals surface area contributed by atoms with E-state index in [0.717, 1.165) is 17.8 Å². The summed E-state index contributed by atoms with van der Waals surface area (Å²) in [7, 11) is 0. The summed E-state index contributed by atoms with van der Waals surface area (Å²) in [5, 5.41) is 0. The minimum Gasteiger partial charge on any atom is -0.466 e. The lowest BCUT2D eigenvalue weighted by atomic mass is 10.1. The largest absolute Gasteiger partial charge is 0.466 e. The van der Waals surface area contributed by atoms with E-state index in [0.29, 0.717) is 19.7 Å². The highest BCUT2D eigenvalue weighted by atomic mass is 16.5. The molecule has 0 unspecified atom stereocenters. The zero-order valence-corrected chi connectivity index (χ0v) is 18.3. The Bertz CT molecular complexity index is 977. The van der Waals surface area contributed by atoms with E-state index in [1.165, 1.54) is 11.1 Å². The molecule has 0 radical (unpaired) electrons. The summed E-state index contributed by atoms with van der Waals surface area (Å²) in [4.78, 5) is 26.5. The molecule has 0 N–H and O–H groups in total. The minimum atomic E-state index is -0.335. The van der Waals surface area contributed by atoms with Crippen molar-refractivity contribution < 1.29 is 14.3 Å². The van der Waals surface area contributed by atoms with Crippen LogP contribution < -0.4 is 0 Å². The summed E-state index contributed by atoms with van der Waals surface area (Å²) < 4.78 is 7.14. The van der Waals surface area contributed by atoms with Crippen molar-refractivity contribution in [3.8, 4) is 0 Å². The van der Waals surface area contributed by atoms with Crippen molar-refractivity contribution in [1.82, 2.24) is 9.47 Å². The number of carbonyl (C=O) groups is 2. The third kappa shape index (κ3) is 6.85. The van der Waals surface area contributed by atoms with Gasteiger partial charge in [-0.2, -0.15) is 0 Å². The minimum absolute atomic E-state index is 0.0556. The highest BCUT2D eigenvalue weighted by molar-refractivity contribution is 5.81. The predicted molar refractivity (Wildman–Crippen MR) is 121 cm³/mol. The molecule has 1 aromatic heterocycles. The maximum atomic E-state index is 13.0. The van der Waals surface area contributed by atoms with Crippen LogP contribution in [0.25, 0.3) is 0 Å². The maximum Gasteiger partial charge on any atom is 0.306 e. The van der Waals surface area contributed by atoms with Gasteiger partial charge in [-0.05, 0) is 37.1 Å². The third-order valence-electron chi connectivity index (χ3n) is 5.17. The Morgan fingerprint density at radius 2 is 1.61 bits per heavy atom. The van der Waals surface area contributed by atoms with Crippen LogP contribution in [0.5, 0.6) is 0 Å². The van der Waals surface area contributed by atoms with Crippen LogP contribution in [-0.4, -0.2) is 28.0 Å². The van der Waals surface area contributed by atoms with E-state index in [1.807, 2.05) is 53.6 Å². The number of nitrogens with zero attached hydrogens (tertiary/aromatic N) is 2. The Kier molecular flexibility index (Phi) is 8.05. The Labute approximate surface area is 184 Å². The molecule has 0 atom stereocenters. The summed E-state index contributed by atoms with van der Waals surface area (Å²) in [5.41, 5.74) is 4.56. The number of rotatable bonds is 10. The second kappa shape index (κ2) is 11.2. The van der Waals surface area contributed by atoms with Crippen molar-refractivity contribution in [1.29, 1.82) is 0 Å². The van der Waals surface area contributed by atoms with E-state index < -0.39 is 0 Å². The normalized spacial score (nSPS) is 10.6. The van der Waals surface area contributed by atoms with E-state index in [1.54, 1.807) is 6.92 Å². The lowest BCUT2D eigenvalue weighted by Crippen LogP contribution is -2.31. The first kappa shape index (κ1) is 22.3. The van der Waals surface area contributed by atoms with Gasteiger partial charge in [-0.15, -0.1) is 0 Å². The molecular weight excluding hydrogens is 388 g/mol. The maximum absolute atomic E-state index is 13.0. The average Bonchev–Trinajstić information content (AvgIpc) is 3.20. The zero-order valence-electron chi connectivity index (χ0n) is 18.3. The fraction of sp³-hybridized carbons (Fsp3) is 0.308. The number of ether oxygens (including phenoxy) is 1. The Morgan fingerprint density at radius 1 is 0.871 bits per heavy atom. The summed E-state index contributed by atoms with van der Waals surface area (Å²) in [6.45, 7) is 5.90. The van der Waals surface area contributed by atoms with Crippen molar-refractivity contribution in [3.05, 3.63) is 95.3 Å². The van der Waals surface area contributed by atoms with Gasteiger partial charge in [0, 0.05) is 31.4 Å². The molecule has 0 aliphatic heterocycles. The number of amides is 1. The fourth-order valence-electron chi connectivity index (χ4n) is 3.47. The number of hydrogen-bond acceptors (Lipinski definition) is 3. The molecule has 162 valence electrons. The van der Waals surface area contributed by atoms with Crippen molar-refractivity contribution in [3.63, 3.8) is 0 Å². The number of aromatic nitrogens is 1. The van der Waals surface area contributed by atoms with Gasteiger partial charge in [0.2, 0.25) is 5.91 Å². The smallest absolute Gasteiger partial charge is 0.306 e. The zero-order chi connectivity index (χ0) is 22.1. The number of esters is 1. The molecule has 0 bridgehead atoms. The molecule has 5 nitrogen and oxygen atoms in total. The molecule has 0 saturated carbocycles. The van der Waals surface area contributed by atoms with Gasteiger partial charge >= 0.3 is 5.97 Å². The highest BCUT2D eigenvalue weighted by Gasteiger charge is 2.18. The molecule has 2 aromatic carbocycles. The molecule has 5 heteroatoms. The molecule has 1 heterocycles. The van der Waals surface area contributed by atoms with E-state index in [-0.39, 0.29) is 24.7 Å². The fourth-order valence-corrected chi connectivity index (χ4v) is 3.47. The van der Waals surface area contributed by atoms with Crippen LogP contribution >= 0.6 is 0 Å². The van der Waals surface area contributed by atoms with Crippen molar-refractivity contribution in [2.24, 2.45) is 0 Å². The molecule has 0 fully saturated rings. The topological polar surface area (TPSA) is 51.5 Å². The van der Waals surface area contributed by atoms with Crippen LogP contribution in [0.1, 0.15) is 42.1 Å². The van der Waals surface area contributed by atoms with Crippen molar-refractivity contribution in [2.75, 3.05) is 6.61 Å². The molecule has 0 aliphatic carbocycles. The van der Waals surface area contributed by atoms with Gasteiger partial charge in [0.1, 0.15) is 0 Å². The number of hydrogen-bond donors (Lipinski definition) is 0. The van der Waals surface area contributed by atoms with Crippen LogP contribution in [0, 0.1) is 6.92 Å². The SMILES string of the molecule is CCOC(=O)CCC(=O)N(Cc1ccccc1)Cc1cccn1Cc1ccc(C)cc1. The number of aryl methyl sites for hydroxylation is 1. The Hall–Kier alpha value is -3.34. The average molecular weight is 419 g/mol. The van der Waals surface area contributed by atoms with Gasteiger partial charge in [0.15, 0.2) is 0 Å². The van der Waals surface area contributed by atoms with Crippen molar-refractivity contribution >= 4 is 11.9 Å². The van der Waals surface area contributed by atoms with Gasteiger partial charge in [-0.3, -0.25) is 9.59 Å². The monoisotopic (exact) mass is 418 g/mol. The predicted octanol–water partition coefficient (Wildman–Crippen LogP) is 4.72. The van der Waals surface area contributed by atoms with Gasteiger partial charge in [-0.25, -0.2) is 0 Å². The summed E-state index contributed by atoms with van der Waals surface area (Å²) in [6, 6.07) is 22.5. The molecule has 3 rings (SSSR count). The van der Waals surface area contributed by atoms with Gasteiger partial charge < -0.3 is 14.2 Å².